The number of benzene rings is 1. The molecule has 3 nitrogen and oxygen atoms in total. The normalized spacial score (nSPS) is 14.4. The molecule has 1 rings (SSSR count). The van der Waals surface area contributed by atoms with Gasteiger partial charge in [0.05, 0.1) is 17.7 Å². The summed E-state index contributed by atoms with van der Waals surface area (Å²) in [6, 6.07) is 3.63. The lowest BCUT2D eigenvalue weighted by Gasteiger charge is -2.21. The Labute approximate surface area is 118 Å². The highest BCUT2D eigenvalue weighted by Gasteiger charge is 2.20. The van der Waals surface area contributed by atoms with Crippen molar-refractivity contribution in [3.8, 4) is 11.5 Å². The summed E-state index contributed by atoms with van der Waals surface area (Å²) in [7, 11) is 1.53. The minimum atomic E-state index is -0.0780. The summed E-state index contributed by atoms with van der Waals surface area (Å²) in [5.74, 6) is 0.543. The molecule has 0 aromatic heterocycles. The van der Waals surface area contributed by atoms with E-state index in [0.29, 0.717) is 16.8 Å². The molecule has 96 valence electrons. The number of alkyl halides is 1. The average molecular weight is 368 g/mol. The first-order chi connectivity index (χ1) is 8.01. The number of phenolic OH excluding ortho intramolecular Hbond substituents is 1. The average Bonchev–Trinajstić information content (AvgIpc) is 2.29. The van der Waals surface area contributed by atoms with Gasteiger partial charge in [-0.05, 0) is 47.5 Å². The van der Waals surface area contributed by atoms with E-state index in [2.05, 4.69) is 31.9 Å². The molecule has 0 bridgehead atoms. The Balaban J connectivity index is 3.15. The quantitative estimate of drug-likeness (QED) is 0.798. The fraction of sp³-hybridized carbons (Fsp3) is 0.500. The molecule has 1 aromatic rings. The second-order valence-electron chi connectivity index (χ2n) is 3.61. The number of hydrogen-bond acceptors (Lipinski definition) is 3. The van der Waals surface area contributed by atoms with Crippen LogP contribution in [0.5, 0.6) is 11.5 Å². The summed E-state index contributed by atoms with van der Waals surface area (Å²) in [6.45, 7) is 4.60. The third-order valence-corrected chi connectivity index (χ3v) is 3.45. The first-order valence-corrected chi connectivity index (χ1v) is 7.04. The first-order valence-electron chi connectivity index (χ1n) is 5.33. The maximum atomic E-state index is 9.75. The molecule has 2 unspecified atom stereocenters. The third kappa shape index (κ3) is 3.60. The summed E-state index contributed by atoms with van der Waals surface area (Å²) in [5.41, 5.74) is 0.956. The predicted octanol–water partition coefficient (Wildman–Crippen LogP) is 4.02. The Morgan fingerprint density at radius 3 is 2.53 bits per heavy atom. The van der Waals surface area contributed by atoms with Gasteiger partial charge in [0.1, 0.15) is 0 Å². The monoisotopic (exact) mass is 366 g/mol. The van der Waals surface area contributed by atoms with Crippen molar-refractivity contribution >= 4 is 31.9 Å². The second-order valence-corrected chi connectivity index (χ2v) is 5.91. The van der Waals surface area contributed by atoms with Crippen molar-refractivity contribution in [3.05, 3.63) is 22.2 Å². The van der Waals surface area contributed by atoms with Crippen LogP contribution in [0.15, 0.2) is 16.6 Å². The van der Waals surface area contributed by atoms with Gasteiger partial charge in [-0.25, -0.2) is 0 Å². The molecule has 1 aromatic carbocycles. The molecular weight excluding hydrogens is 352 g/mol. The van der Waals surface area contributed by atoms with Crippen molar-refractivity contribution in [2.75, 3.05) is 13.7 Å². The van der Waals surface area contributed by atoms with Gasteiger partial charge in [-0.15, -0.1) is 0 Å². The molecule has 0 aliphatic rings. The molecule has 0 aliphatic heterocycles. The van der Waals surface area contributed by atoms with Crippen molar-refractivity contribution < 1.29 is 14.6 Å². The van der Waals surface area contributed by atoms with Gasteiger partial charge in [-0.1, -0.05) is 15.9 Å². The fourth-order valence-electron chi connectivity index (χ4n) is 1.59. The molecule has 17 heavy (non-hydrogen) atoms. The first kappa shape index (κ1) is 14.8. The smallest absolute Gasteiger partial charge is 0.172 e. The number of methoxy groups -OCH3 is 1. The topological polar surface area (TPSA) is 38.7 Å². The van der Waals surface area contributed by atoms with Crippen LogP contribution >= 0.6 is 31.9 Å². The Kier molecular flexibility index (Phi) is 5.76. The van der Waals surface area contributed by atoms with Gasteiger partial charge in [0, 0.05) is 11.4 Å². The maximum Gasteiger partial charge on any atom is 0.172 e. The molecule has 0 fully saturated rings. The highest BCUT2D eigenvalue weighted by atomic mass is 79.9. The summed E-state index contributed by atoms with van der Waals surface area (Å²) >= 11 is 6.83. The van der Waals surface area contributed by atoms with Crippen LogP contribution in [0.1, 0.15) is 25.5 Å². The number of aromatic hydroxyl groups is 1. The second kappa shape index (κ2) is 6.61. The Morgan fingerprint density at radius 2 is 2.06 bits per heavy atom. The van der Waals surface area contributed by atoms with Crippen LogP contribution in [0.4, 0.5) is 0 Å². The predicted molar refractivity (Wildman–Crippen MR) is 75.1 cm³/mol. The van der Waals surface area contributed by atoms with Crippen LogP contribution < -0.4 is 4.74 Å². The number of rotatable bonds is 5. The molecule has 0 aliphatic carbocycles. The van der Waals surface area contributed by atoms with Crippen LogP contribution in [0, 0.1) is 0 Å². The lowest BCUT2D eigenvalue weighted by molar-refractivity contribution is 0.0649. The van der Waals surface area contributed by atoms with E-state index in [1.807, 2.05) is 19.9 Å². The number of ether oxygens (including phenoxy) is 2. The van der Waals surface area contributed by atoms with Crippen molar-refractivity contribution in [2.45, 2.75) is 24.8 Å². The summed E-state index contributed by atoms with van der Waals surface area (Å²) in [4.78, 5) is 0.170. The van der Waals surface area contributed by atoms with Crippen molar-refractivity contribution in [1.82, 2.24) is 0 Å². The van der Waals surface area contributed by atoms with E-state index in [4.69, 9.17) is 9.47 Å². The van der Waals surface area contributed by atoms with Gasteiger partial charge in [0.15, 0.2) is 11.5 Å². The van der Waals surface area contributed by atoms with Gasteiger partial charge in [-0.3, -0.25) is 0 Å². The largest absolute Gasteiger partial charge is 0.503 e. The lowest BCUT2D eigenvalue weighted by Crippen LogP contribution is -2.13. The zero-order valence-corrected chi connectivity index (χ0v) is 13.2. The van der Waals surface area contributed by atoms with Gasteiger partial charge in [-0.2, -0.15) is 0 Å². The molecule has 1 N–H and O–H groups in total. The van der Waals surface area contributed by atoms with Gasteiger partial charge < -0.3 is 14.6 Å². The Bertz CT molecular complexity index is 380. The van der Waals surface area contributed by atoms with E-state index in [-0.39, 0.29) is 16.7 Å². The fourth-order valence-corrected chi connectivity index (χ4v) is 2.50. The summed E-state index contributed by atoms with van der Waals surface area (Å²) in [5, 5.41) is 9.75. The van der Waals surface area contributed by atoms with Crippen LogP contribution in [0.25, 0.3) is 0 Å². The number of hydrogen-bond donors (Lipinski definition) is 1. The van der Waals surface area contributed by atoms with Gasteiger partial charge in [0.25, 0.3) is 0 Å². The number of phenols is 1. The van der Waals surface area contributed by atoms with E-state index in [1.165, 1.54) is 7.11 Å². The van der Waals surface area contributed by atoms with Crippen LogP contribution in [-0.2, 0) is 4.74 Å². The van der Waals surface area contributed by atoms with Crippen LogP contribution in [0.2, 0.25) is 0 Å². The Morgan fingerprint density at radius 1 is 1.41 bits per heavy atom. The van der Waals surface area contributed by atoms with Gasteiger partial charge >= 0.3 is 0 Å². The molecule has 0 heterocycles. The van der Waals surface area contributed by atoms with Crippen molar-refractivity contribution in [1.29, 1.82) is 0 Å². The molecule has 0 spiro atoms. The van der Waals surface area contributed by atoms with Crippen molar-refractivity contribution in [2.24, 2.45) is 0 Å². The van der Waals surface area contributed by atoms with E-state index >= 15 is 0 Å². The van der Waals surface area contributed by atoms with E-state index in [0.717, 1.165) is 5.56 Å². The molecule has 5 heteroatoms. The van der Waals surface area contributed by atoms with E-state index < -0.39 is 0 Å². The van der Waals surface area contributed by atoms with E-state index in [9.17, 15) is 5.11 Å². The van der Waals surface area contributed by atoms with Crippen LogP contribution in [0.3, 0.4) is 0 Å². The zero-order valence-electron chi connectivity index (χ0n) is 10.0. The molecule has 0 radical (unpaired) electrons. The third-order valence-electron chi connectivity index (χ3n) is 2.36. The molecule has 0 saturated carbocycles. The minimum Gasteiger partial charge on any atom is -0.503 e. The van der Waals surface area contributed by atoms with Crippen molar-refractivity contribution in [3.63, 3.8) is 0 Å². The minimum absolute atomic E-state index is 0.0780. The Hall–Kier alpha value is -0.260. The molecule has 2 atom stereocenters. The molecule has 0 saturated heterocycles. The zero-order chi connectivity index (χ0) is 13.0. The standard InChI is InChI=1S/C12H16Br2O3/c1-4-17-12(7(2)13)8-5-9(14)11(15)10(6-8)16-3/h5-7,12,15H,4H2,1-3H3. The molecule has 0 amide bonds. The highest BCUT2D eigenvalue weighted by molar-refractivity contribution is 9.10. The highest BCUT2D eigenvalue weighted by Crippen LogP contribution is 2.39. The SMILES string of the molecule is CCOC(c1cc(Br)c(O)c(OC)c1)C(C)Br. The molecular formula is C12H16Br2O3. The van der Waals surface area contributed by atoms with Crippen LogP contribution in [-0.4, -0.2) is 23.7 Å². The maximum absolute atomic E-state index is 9.75. The van der Waals surface area contributed by atoms with Gasteiger partial charge in [0.2, 0.25) is 0 Å². The van der Waals surface area contributed by atoms with E-state index in [1.54, 1.807) is 6.07 Å². The summed E-state index contributed by atoms with van der Waals surface area (Å²) in [6.07, 6.45) is -0.0780. The summed E-state index contributed by atoms with van der Waals surface area (Å²) < 4.78 is 11.4. The lowest BCUT2D eigenvalue weighted by atomic mass is 10.1. The number of halogens is 2.